The number of thiophene rings is 1. The maximum Gasteiger partial charge on any atom is 0.265 e. The molecular formula is C25H22FN5O2S. The van der Waals surface area contributed by atoms with Crippen LogP contribution in [0.3, 0.4) is 0 Å². The SMILES string of the molecule is Cc1nn(Cc2ccc(F)cc2)c2sc(C(=O)Nc3ccccc3OCCn3ccnc3)cc12. The van der Waals surface area contributed by atoms with Crippen LogP contribution in [0, 0.1) is 12.7 Å². The van der Waals surface area contributed by atoms with E-state index in [4.69, 9.17) is 4.74 Å². The molecule has 0 radical (unpaired) electrons. The van der Waals surface area contributed by atoms with Gasteiger partial charge in [0.25, 0.3) is 5.91 Å². The van der Waals surface area contributed by atoms with Gasteiger partial charge in [0.2, 0.25) is 0 Å². The number of amides is 1. The zero-order chi connectivity index (χ0) is 23.5. The lowest BCUT2D eigenvalue weighted by atomic mass is 10.2. The van der Waals surface area contributed by atoms with Gasteiger partial charge in [0, 0.05) is 17.8 Å². The van der Waals surface area contributed by atoms with Gasteiger partial charge in [-0.25, -0.2) is 9.37 Å². The summed E-state index contributed by atoms with van der Waals surface area (Å²) in [6.07, 6.45) is 5.33. The molecule has 9 heteroatoms. The third-order valence-electron chi connectivity index (χ3n) is 5.38. The second-order valence-electron chi connectivity index (χ2n) is 7.80. The van der Waals surface area contributed by atoms with Crippen molar-refractivity contribution >= 4 is 33.1 Å². The lowest BCUT2D eigenvalue weighted by molar-refractivity contribution is 0.103. The number of benzene rings is 2. The summed E-state index contributed by atoms with van der Waals surface area (Å²) >= 11 is 1.38. The number of para-hydroxylation sites is 2. The predicted octanol–water partition coefficient (Wildman–Crippen LogP) is 5.12. The van der Waals surface area contributed by atoms with Crippen LogP contribution < -0.4 is 10.1 Å². The van der Waals surface area contributed by atoms with Crippen molar-refractivity contribution in [3.63, 3.8) is 0 Å². The summed E-state index contributed by atoms with van der Waals surface area (Å²) in [5.74, 6) is 0.127. The Balaban J connectivity index is 1.32. The summed E-state index contributed by atoms with van der Waals surface area (Å²) in [6, 6.07) is 15.6. The predicted molar refractivity (Wildman–Crippen MR) is 130 cm³/mol. The Labute approximate surface area is 199 Å². The molecule has 0 bridgehead atoms. The maximum absolute atomic E-state index is 13.2. The minimum Gasteiger partial charge on any atom is -0.490 e. The van der Waals surface area contributed by atoms with E-state index in [0.29, 0.717) is 36.0 Å². The molecule has 7 nitrogen and oxygen atoms in total. The highest BCUT2D eigenvalue weighted by Crippen LogP contribution is 2.31. The van der Waals surface area contributed by atoms with E-state index in [1.54, 1.807) is 24.7 Å². The van der Waals surface area contributed by atoms with Gasteiger partial charge in [0.15, 0.2) is 0 Å². The number of hydrogen-bond acceptors (Lipinski definition) is 5. The largest absolute Gasteiger partial charge is 0.490 e. The first-order valence-corrected chi connectivity index (χ1v) is 11.6. The number of aryl methyl sites for hydroxylation is 1. The van der Waals surface area contributed by atoms with Crippen molar-refractivity contribution in [2.45, 2.75) is 20.0 Å². The van der Waals surface area contributed by atoms with Gasteiger partial charge < -0.3 is 14.6 Å². The summed E-state index contributed by atoms with van der Waals surface area (Å²) in [5, 5.41) is 8.50. The fourth-order valence-electron chi connectivity index (χ4n) is 3.65. The highest BCUT2D eigenvalue weighted by molar-refractivity contribution is 7.20. The molecule has 0 aliphatic rings. The van der Waals surface area contributed by atoms with Crippen LogP contribution in [-0.2, 0) is 13.1 Å². The first kappa shape index (κ1) is 21.8. The van der Waals surface area contributed by atoms with Crippen LogP contribution in [0.2, 0.25) is 0 Å². The van der Waals surface area contributed by atoms with Gasteiger partial charge in [0.05, 0.1) is 35.7 Å². The Hall–Kier alpha value is -3.98. The second-order valence-corrected chi connectivity index (χ2v) is 8.83. The van der Waals surface area contributed by atoms with Crippen LogP contribution in [0.1, 0.15) is 20.9 Å². The van der Waals surface area contributed by atoms with E-state index in [2.05, 4.69) is 15.4 Å². The minimum atomic E-state index is -0.272. The minimum absolute atomic E-state index is 0.209. The smallest absolute Gasteiger partial charge is 0.265 e. The molecule has 0 aliphatic heterocycles. The molecule has 0 unspecified atom stereocenters. The first-order chi connectivity index (χ1) is 16.6. The number of rotatable bonds is 8. The third-order valence-corrected chi connectivity index (χ3v) is 6.53. The van der Waals surface area contributed by atoms with Crippen molar-refractivity contribution in [1.82, 2.24) is 19.3 Å². The average molecular weight is 476 g/mol. The van der Waals surface area contributed by atoms with E-state index < -0.39 is 0 Å². The number of hydrogen-bond donors (Lipinski definition) is 1. The van der Waals surface area contributed by atoms with E-state index >= 15 is 0 Å². The molecule has 0 aliphatic carbocycles. The van der Waals surface area contributed by atoms with Crippen LogP contribution in [0.5, 0.6) is 5.75 Å². The number of halogens is 1. The summed E-state index contributed by atoms with van der Waals surface area (Å²) < 4.78 is 22.9. The fraction of sp³-hybridized carbons (Fsp3) is 0.160. The van der Waals surface area contributed by atoms with E-state index in [1.165, 1.54) is 23.5 Å². The molecule has 172 valence electrons. The van der Waals surface area contributed by atoms with Gasteiger partial charge in [-0.2, -0.15) is 5.10 Å². The number of nitrogens with zero attached hydrogens (tertiary/aromatic N) is 4. The van der Waals surface area contributed by atoms with Crippen LogP contribution in [0.15, 0.2) is 73.3 Å². The second kappa shape index (κ2) is 9.48. The van der Waals surface area contributed by atoms with Gasteiger partial charge in [-0.1, -0.05) is 24.3 Å². The summed E-state index contributed by atoms with van der Waals surface area (Å²) in [4.78, 5) is 18.6. The van der Waals surface area contributed by atoms with Gasteiger partial charge in [-0.15, -0.1) is 11.3 Å². The monoisotopic (exact) mass is 475 g/mol. The number of ether oxygens (including phenoxy) is 1. The standard InChI is InChI=1S/C25H22FN5O2S/c1-17-20-14-23(34-25(20)31(29-17)15-18-6-8-19(26)9-7-18)24(32)28-21-4-2-3-5-22(21)33-13-12-30-11-10-27-16-30/h2-11,14,16H,12-13,15H2,1H3,(H,28,32). The topological polar surface area (TPSA) is 74.0 Å². The molecule has 5 rings (SSSR count). The van der Waals surface area contributed by atoms with Crippen molar-refractivity contribution in [1.29, 1.82) is 0 Å². The molecule has 3 heterocycles. The van der Waals surface area contributed by atoms with Crippen molar-refractivity contribution < 1.29 is 13.9 Å². The molecular weight excluding hydrogens is 453 g/mol. The molecule has 1 N–H and O–H groups in total. The Morgan fingerprint density at radius 1 is 1.18 bits per heavy atom. The van der Waals surface area contributed by atoms with E-state index in [-0.39, 0.29) is 11.7 Å². The first-order valence-electron chi connectivity index (χ1n) is 10.8. The Bertz CT molecular complexity index is 1420. The Kier molecular flexibility index (Phi) is 6.09. The number of nitrogens with one attached hydrogen (secondary N) is 1. The molecule has 0 fully saturated rings. The Morgan fingerprint density at radius 3 is 2.79 bits per heavy atom. The fourth-order valence-corrected chi connectivity index (χ4v) is 4.71. The number of fused-ring (bicyclic) bond motifs is 1. The molecule has 34 heavy (non-hydrogen) atoms. The van der Waals surface area contributed by atoms with Crippen LogP contribution >= 0.6 is 11.3 Å². The van der Waals surface area contributed by atoms with Gasteiger partial charge in [-0.05, 0) is 42.8 Å². The van der Waals surface area contributed by atoms with Gasteiger partial charge in [0.1, 0.15) is 23.0 Å². The third kappa shape index (κ3) is 4.69. The number of carbonyl (C=O) groups excluding carboxylic acids is 1. The van der Waals surface area contributed by atoms with Gasteiger partial charge >= 0.3 is 0 Å². The highest BCUT2D eigenvalue weighted by Gasteiger charge is 2.18. The quantitative estimate of drug-likeness (QED) is 0.338. The van der Waals surface area contributed by atoms with Gasteiger partial charge in [-0.3, -0.25) is 9.48 Å². The molecule has 5 aromatic rings. The lowest BCUT2D eigenvalue weighted by Crippen LogP contribution is -2.13. The molecule has 0 saturated heterocycles. The van der Waals surface area contributed by atoms with Crippen molar-refractivity contribution in [2.24, 2.45) is 0 Å². The number of imidazole rings is 1. The van der Waals surface area contributed by atoms with E-state index in [0.717, 1.165) is 21.5 Å². The van der Waals surface area contributed by atoms with Crippen molar-refractivity contribution in [3.05, 3.63) is 95.3 Å². The number of anilines is 1. The Morgan fingerprint density at radius 2 is 2.00 bits per heavy atom. The number of aromatic nitrogens is 4. The molecule has 0 spiro atoms. The zero-order valence-electron chi connectivity index (χ0n) is 18.4. The molecule has 3 aromatic heterocycles. The normalized spacial score (nSPS) is 11.1. The van der Waals surface area contributed by atoms with Crippen LogP contribution in [0.25, 0.3) is 10.2 Å². The average Bonchev–Trinajstić information content (AvgIpc) is 3.56. The maximum atomic E-state index is 13.2. The summed E-state index contributed by atoms with van der Waals surface area (Å²) in [6.45, 7) is 3.52. The molecule has 2 aromatic carbocycles. The van der Waals surface area contributed by atoms with Crippen molar-refractivity contribution in [3.8, 4) is 5.75 Å². The van der Waals surface area contributed by atoms with Crippen molar-refractivity contribution in [2.75, 3.05) is 11.9 Å². The zero-order valence-corrected chi connectivity index (χ0v) is 19.3. The summed E-state index contributed by atoms with van der Waals surface area (Å²) in [5.41, 5.74) is 2.39. The lowest BCUT2D eigenvalue weighted by Gasteiger charge is -2.12. The summed E-state index contributed by atoms with van der Waals surface area (Å²) in [7, 11) is 0. The van der Waals surface area contributed by atoms with E-state index in [9.17, 15) is 9.18 Å². The van der Waals surface area contributed by atoms with E-state index in [1.807, 2.05) is 52.7 Å². The number of carbonyl (C=O) groups is 1. The van der Waals surface area contributed by atoms with Crippen LogP contribution in [-0.4, -0.2) is 31.8 Å². The highest BCUT2D eigenvalue weighted by atomic mass is 32.1. The molecule has 1 amide bonds. The van der Waals surface area contributed by atoms with Crippen LogP contribution in [0.4, 0.5) is 10.1 Å². The molecule has 0 saturated carbocycles. The molecule has 0 atom stereocenters.